The second kappa shape index (κ2) is 5.84. The minimum atomic E-state index is 0.686. The van der Waals surface area contributed by atoms with E-state index < -0.39 is 0 Å². The molecule has 1 heterocycles. The van der Waals surface area contributed by atoms with Crippen molar-refractivity contribution < 1.29 is 0 Å². The highest BCUT2D eigenvalue weighted by Gasteiger charge is 2.20. The molecule has 3 rings (SSSR count). The number of anilines is 1. The van der Waals surface area contributed by atoms with Crippen LogP contribution in [0.15, 0.2) is 18.2 Å². The largest absolute Gasteiger partial charge is 0.399 e. The van der Waals surface area contributed by atoms with Crippen molar-refractivity contribution in [1.29, 1.82) is 0 Å². The Labute approximate surface area is 125 Å². The Morgan fingerprint density at radius 2 is 1.95 bits per heavy atom. The highest BCUT2D eigenvalue weighted by Crippen LogP contribution is 2.30. The molecule has 0 unspecified atom stereocenters. The molecule has 1 aromatic carbocycles. The van der Waals surface area contributed by atoms with Gasteiger partial charge in [-0.15, -0.1) is 5.10 Å². The fourth-order valence-electron chi connectivity index (χ4n) is 3.23. The number of nitrogens with two attached hydrogens (primary N) is 1. The van der Waals surface area contributed by atoms with Gasteiger partial charge in [0.15, 0.2) is 5.82 Å². The summed E-state index contributed by atoms with van der Waals surface area (Å²) in [7, 11) is 0. The minimum Gasteiger partial charge on any atom is -0.399 e. The Morgan fingerprint density at radius 1 is 1.19 bits per heavy atom. The van der Waals surface area contributed by atoms with Crippen LogP contribution < -0.4 is 5.73 Å². The smallest absolute Gasteiger partial charge is 0.182 e. The molecule has 0 amide bonds. The van der Waals surface area contributed by atoms with Gasteiger partial charge in [-0.1, -0.05) is 19.8 Å². The fourth-order valence-corrected chi connectivity index (χ4v) is 3.23. The maximum atomic E-state index is 5.94. The van der Waals surface area contributed by atoms with E-state index >= 15 is 0 Å². The average molecular weight is 285 g/mol. The van der Waals surface area contributed by atoms with Crippen LogP contribution in [0.1, 0.15) is 38.2 Å². The first-order valence-corrected chi connectivity index (χ1v) is 7.75. The SMILES string of the molecule is Cc1cc(N)cc(-c2nnnn2CC2CCC(C)CC2)c1. The monoisotopic (exact) mass is 285 g/mol. The van der Waals surface area contributed by atoms with Crippen molar-refractivity contribution in [3.8, 4) is 11.4 Å². The summed E-state index contributed by atoms with van der Waals surface area (Å²) in [4.78, 5) is 0. The molecule has 0 bridgehead atoms. The summed E-state index contributed by atoms with van der Waals surface area (Å²) < 4.78 is 1.94. The molecule has 1 aromatic heterocycles. The van der Waals surface area contributed by atoms with Gasteiger partial charge < -0.3 is 5.73 Å². The van der Waals surface area contributed by atoms with Gasteiger partial charge in [0.25, 0.3) is 0 Å². The second-order valence-electron chi connectivity index (χ2n) is 6.44. The standard InChI is InChI=1S/C16H23N5/c1-11-3-5-13(6-4-11)10-21-16(18-19-20-21)14-7-12(2)8-15(17)9-14/h7-9,11,13H,3-6,10,17H2,1-2H3. The van der Waals surface area contributed by atoms with Crippen LogP contribution in [0.5, 0.6) is 0 Å². The van der Waals surface area contributed by atoms with Gasteiger partial charge in [-0.05, 0) is 65.8 Å². The lowest BCUT2D eigenvalue weighted by atomic mass is 9.83. The van der Waals surface area contributed by atoms with Crippen molar-refractivity contribution in [3.63, 3.8) is 0 Å². The number of nitrogen functional groups attached to an aromatic ring is 1. The highest BCUT2D eigenvalue weighted by molar-refractivity contribution is 5.62. The molecule has 1 aliphatic carbocycles. The van der Waals surface area contributed by atoms with Gasteiger partial charge in [0.1, 0.15) is 0 Å². The normalized spacial score (nSPS) is 22.4. The minimum absolute atomic E-state index is 0.686. The zero-order valence-electron chi connectivity index (χ0n) is 12.8. The van der Waals surface area contributed by atoms with Crippen LogP contribution in [0.3, 0.4) is 0 Å². The molecule has 1 fully saturated rings. The van der Waals surface area contributed by atoms with E-state index in [1.807, 2.05) is 23.7 Å². The number of aryl methyl sites for hydroxylation is 1. The van der Waals surface area contributed by atoms with Gasteiger partial charge in [-0.25, -0.2) is 4.68 Å². The van der Waals surface area contributed by atoms with Gasteiger partial charge >= 0.3 is 0 Å². The number of hydrogen-bond acceptors (Lipinski definition) is 4. The van der Waals surface area contributed by atoms with Gasteiger partial charge in [0.05, 0.1) is 0 Å². The topological polar surface area (TPSA) is 69.6 Å². The first-order chi connectivity index (χ1) is 10.1. The van der Waals surface area contributed by atoms with E-state index in [1.54, 1.807) is 0 Å². The van der Waals surface area contributed by atoms with E-state index in [2.05, 4.69) is 28.5 Å². The second-order valence-corrected chi connectivity index (χ2v) is 6.44. The number of rotatable bonds is 3. The van der Waals surface area contributed by atoms with Crippen LogP contribution in [0.4, 0.5) is 5.69 Å². The summed E-state index contributed by atoms with van der Waals surface area (Å²) >= 11 is 0. The summed E-state index contributed by atoms with van der Waals surface area (Å²) in [6.45, 7) is 5.29. The molecule has 0 radical (unpaired) electrons. The van der Waals surface area contributed by atoms with Crippen molar-refractivity contribution >= 4 is 5.69 Å². The maximum absolute atomic E-state index is 5.94. The number of nitrogens with zero attached hydrogens (tertiary/aromatic N) is 4. The van der Waals surface area contributed by atoms with Crippen molar-refractivity contribution in [2.45, 2.75) is 46.1 Å². The van der Waals surface area contributed by atoms with E-state index in [-0.39, 0.29) is 0 Å². The molecule has 21 heavy (non-hydrogen) atoms. The van der Waals surface area contributed by atoms with E-state index in [1.165, 1.54) is 25.7 Å². The van der Waals surface area contributed by atoms with Crippen molar-refractivity contribution in [1.82, 2.24) is 20.2 Å². The van der Waals surface area contributed by atoms with Gasteiger partial charge in [-0.2, -0.15) is 0 Å². The predicted octanol–water partition coefficient (Wildman–Crippen LogP) is 3.06. The average Bonchev–Trinajstić information content (AvgIpc) is 2.88. The van der Waals surface area contributed by atoms with Gasteiger partial charge in [-0.3, -0.25) is 0 Å². The number of benzene rings is 1. The Kier molecular flexibility index (Phi) is 3.90. The summed E-state index contributed by atoms with van der Waals surface area (Å²) in [6.07, 6.45) is 5.19. The van der Waals surface area contributed by atoms with Crippen molar-refractivity contribution in [2.24, 2.45) is 11.8 Å². The zero-order chi connectivity index (χ0) is 14.8. The van der Waals surface area contributed by atoms with Gasteiger partial charge in [0.2, 0.25) is 0 Å². The summed E-state index contributed by atoms with van der Waals surface area (Å²) in [5, 5.41) is 12.2. The lowest BCUT2D eigenvalue weighted by molar-refractivity contribution is 0.257. The summed E-state index contributed by atoms with van der Waals surface area (Å²) in [5.74, 6) is 2.38. The van der Waals surface area contributed by atoms with Crippen LogP contribution in [-0.4, -0.2) is 20.2 Å². The summed E-state index contributed by atoms with van der Waals surface area (Å²) in [6, 6.07) is 5.99. The molecule has 1 saturated carbocycles. The lowest BCUT2D eigenvalue weighted by Crippen LogP contribution is -2.19. The number of hydrogen-bond donors (Lipinski definition) is 1. The third-order valence-corrected chi connectivity index (χ3v) is 4.46. The van der Waals surface area contributed by atoms with E-state index in [0.717, 1.165) is 35.1 Å². The van der Waals surface area contributed by atoms with E-state index in [0.29, 0.717) is 5.92 Å². The van der Waals surface area contributed by atoms with Crippen LogP contribution in [0, 0.1) is 18.8 Å². The molecule has 0 atom stereocenters. The van der Waals surface area contributed by atoms with Crippen LogP contribution in [-0.2, 0) is 6.54 Å². The Hall–Kier alpha value is -1.91. The van der Waals surface area contributed by atoms with Gasteiger partial charge in [0, 0.05) is 17.8 Å². The molecule has 112 valence electrons. The lowest BCUT2D eigenvalue weighted by Gasteiger charge is -2.26. The molecule has 2 N–H and O–H groups in total. The van der Waals surface area contributed by atoms with Crippen molar-refractivity contribution in [3.05, 3.63) is 23.8 Å². The Bertz CT molecular complexity index is 591. The van der Waals surface area contributed by atoms with Crippen LogP contribution in [0.25, 0.3) is 11.4 Å². The number of tetrazole rings is 1. The summed E-state index contributed by atoms with van der Waals surface area (Å²) in [5.41, 5.74) is 8.83. The predicted molar refractivity (Wildman–Crippen MR) is 83.5 cm³/mol. The van der Waals surface area contributed by atoms with Crippen molar-refractivity contribution in [2.75, 3.05) is 5.73 Å². The molecule has 1 aliphatic rings. The molecule has 5 nitrogen and oxygen atoms in total. The third kappa shape index (κ3) is 3.23. The third-order valence-electron chi connectivity index (χ3n) is 4.46. The molecular weight excluding hydrogens is 262 g/mol. The fraction of sp³-hybridized carbons (Fsp3) is 0.562. The molecule has 0 saturated heterocycles. The van der Waals surface area contributed by atoms with E-state index in [9.17, 15) is 0 Å². The maximum Gasteiger partial charge on any atom is 0.182 e. The van der Waals surface area contributed by atoms with Crippen LogP contribution >= 0.6 is 0 Å². The van der Waals surface area contributed by atoms with E-state index in [4.69, 9.17) is 5.73 Å². The number of aromatic nitrogens is 4. The first kappa shape index (κ1) is 14.0. The molecular formula is C16H23N5. The zero-order valence-corrected chi connectivity index (χ0v) is 12.8. The Balaban J connectivity index is 1.80. The quantitative estimate of drug-likeness (QED) is 0.880. The molecule has 0 spiro atoms. The Morgan fingerprint density at radius 3 is 2.67 bits per heavy atom. The van der Waals surface area contributed by atoms with Crippen LogP contribution in [0.2, 0.25) is 0 Å². The highest BCUT2D eigenvalue weighted by atomic mass is 15.5. The first-order valence-electron chi connectivity index (χ1n) is 7.75. The molecule has 0 aliphatic heterocycles. The molecule has 2 aromatic rings. The molecule has 5 heteroatoms.